The predicted molar refractivity (Wildman–Crippen MR) is 127 cm³/mol. The summed E-state index contributed by atoms with van der Waals surface area (Å²) in [5.74, 6) is -1.40. The standard InChI is InChI=1S/C26H23N3O6/c1-34-20-14-12-18(13-15-20)25(32)29(27-23(30)17-35-21-10-6-3-7-11-21)22-16-24(31)28(26(22)33)19-8-4-2-5-9-19/h2-15,22H,16-17H2,1H3,(H,27,30). The van der Waals surface area contributed by atoms with Crippen LogP contribution >= 0.6 is 0 Å². The lowest BCUT2D eigenvalue weighted by Gasteiger charge is -2.28. The molecule has 0 bridgehead atoms. The van der Waals surface area contributed by atoms with Crippen LogP contribution in [-0.2, 0) is 14.4 Å². The number of hydrogen-bond donors (Lipinski definition) is 1. The Morgan fingerprint density at radius 2 is 1.54 bits per heavy atom. The number of para-hydroxylation sites is 2. The fraction of sp³-hybridized carbons (Fsp3) is 0.154. The molecule has 1 unspecified atom stereocenters. The monoisotopic (exact) mass is 473 g/mol. The summed E-state index contributed by atoms with van der Waals surface area (Å²) in [4.78, 5) is 53.1. The third-order valence-corrected chi connectivity index (χ3v) is 5.36. The quantitative estimate of drug-likeness (QED) is 0.418. The number of carbonyl (C=O) groups is 4. The van der Waals surface area contributed by atoms with Crippen molar-refractivity contribution in [3.05, 3.63) is 90.5 Å². The average molecular weight is 473 g/mol. The highest BCUT2D eigenvalue weighted by atomic mass is 16.5. The fourth-order valence-electron chi connectivity index (χ4n) is 3.64. The highest BCUT2D eigenvalue weighted by Crippen LogP contribution is 2.26. The summed E-state index contributed by atoms with van der Waals surface area (Å²) in [5, 5.41) is 0.904. The summed E-state index contributed by atoms with van der Waals surface area (Å²) in [6, 6.07) is 22.1. The van der Waals surface area contributed by atoms with E-state index >= 15 is 0 Å². The van der Waals surface area contributed by atoms with Gasteiger partial charge in [-0.3, -0.25) is 24.6 Å². The maximum atomic E-state index is 13.4. The first-order valence-electron chi connectivity index (χ1n) is 10.8. The Kier molecular flexibility index (Phi) is 7.06. The Bertz CT molecular complexity index is 1210. The van der Waals surface area contributed by atoms with Gasteiger partial charge in [0.05, 0.1) is 19.2 Å². The van der Waals surface area contributed by atoms with E-state index in [0.29, 0.717) is 17.2 Å². The number of anilines is 1. The minimum Gasteiger partial charge on any atom is -0.497 e. The van der Waals surface area contributed by atoms with E-state index in [-0.39, 0.29) is 12.0 Å². The van der Waals surface area contributed by atoms with Crippen molar-refractivity contribution >= 4 is 29.3 Å². The number of hydrogen-bond acceptors (Lipinski definition) is 6. The highest BCUT2D eigenvalue weighted by Gasteiger charge is 2.45. The number of benzene rings is 3. The van der Waals surface area contributed by atoms with Crippen molar-refractivity contribution in [2.45, 2.75) is 12.5 Å². The number of nitrogens with zero attached hydrogens (tertiary/aromatic N) is 2. The van der Waals surface area contributed by atoms with Gasteiger partial charge in [-0.2, -0.15) is 0 Å². The Balaban J connectivity index is 1.58. The fourth-order valence-corrected chi connectivity index (χ4v) is 3.64. The Morgan fingerprint density at radius 3 is 2.17 bits per heavy atom. The number of imide groups is 1. The summed E-state index contributed by atoms with van der Waals surface area (Å²) in [5.41, 5.74) is 3.06. The summed E-state index contributed by atoms with van der Waals surface area (Å²) >= 11 is 0. The second kappa shape index (κ2) is 10.5. The maximum absolute atomic E-state index is 13.4. The van der Waals surface area contributed by atoms with Crippen LogP contribution in [0.25, 0.3) is 0 Å². The molecule has 0 spiro atoms. The first-order chi connectivity index (χ1) is 17.0. The van der Waals surface area contributed by atoms with Gasteiger partial charge < -0.3 is 9.47 Å². The van der Waals surface area contributed by atoms with Crippen LogP contribution in [0, 0.1) is 0 Å². The van der Waals surface area contributed by atoms with E-state index in [2.05, 4.69) is 5.43 Å². The lowest BCUT2D eigenvalue weighted by atomic mass is 10.1. The minimum atomic E-state index is -1.22. The molecule has 1 heterocycles. The molecule has 1 atom stereocenters. The van der Waals surface area contributed by atoms with Crippen molar-refractivity contribution in [1.29, 1.82) is 0 Å². The summed E-state index contributed by atoms with van der Waals surface area (Å²) in [7, 11) is 1.50. The van der Waals surface area contributed by atoms with Crippen LogP contribution in [0.1, 0.15) is 16.8 Å². The van der Waals surface area contributed by atoms with Gasteiger partial charge in [0.15, 0.2) is 6.61 Å². The van der Waals surface area contributed by atoms with E-state index < -0.39 is 36.3 Å². The van der Waals surface area contributed by atoms with Gasteiger partial charge in [0, 0.05) is 5.56 Å². The van der Waals surface area contributed by atoms with Crippen molar-refractivity contribution < 1.29 is 28.7 Å². The van der Waals surface area contributed by atoms with Crippen molar-refractivity contribution in [3.63, 3.8) is 0 Å². The third kappa shape index (κ3) is 5.30. The molecular formula is C26H23N3O6. The molecule has 1 N–H and O–H groups in total. The molecule has 4 rings (SSSR count). The van der Waals surface area contributed by atoms with E-state index in [1.807, 2.05) is 6.07 Å². The smallest absolute Gasteiger partial charge is 0.276 e. The zero-order chi connectivity index (χ0) is 24.8. The first kappa shape index (κ1) is 23.5. The van der Waals surface area contributed by atoms with E-state index in [0.717, 1.165) is 9.91 Å². The van der Waals surface area contributed by atoms with Crippen LogP contribution < -0.4 is 19.8 Å². The van der Waals surface area contributed by atoms with Crippen molar-refractivity contribution in [1.82, 2.24) is 10.4 Å². The molecule has 1 aliphatic rings. The van der Waals surface area contributed by atoms with Crippen LogP contribution in [0.5, 0.6) is 11.5 Å². The number of amides is 4. The SMILES string of the molecule is COc1ccc(C(=O)N(NC(=O)COc2ccccc2)C2CC(=O)N(c3ccccc3)C2=O)cc1. The van der Waals surface area contributed by atoms with E-state index in [4.69, 9.17) is 9.47 Å². The van der Waals surface area contributed by atoms with Gasteiger partial charge in [-0.15, -0.1) is 0 Å². The molecule has 3 aromatic carbocycles. The minimum absolute atomic E-state index is 0.202. The largest absolute Gasteiger partial charge is 0.497 e. The van der Waals surface area contributed by atoms with Crippen molar-refractivity contribution in [3.8, 4) is 11.5 Å². The lowest BCUT2D eigenvalue weighted by molar-refractivity contribution is -0.130. The molecule has 0 saturated carbocycles. The molecule has 9 heteroatoms. The highest BCUT2D eigenvalue weighted by molar-refractivity contribution is 6.23. The second-order valence-corrected chi connectivity index (χ2v) is 7.66. The zero-order valence-corrected chi connectivity index (χ0v) is 18.9. The van der Waals surface area contributed by atoms with E-state index in [1.54, 1.807) is 66.7 Å². The van der Waals surface area contributed by atoms with Gasteiger partial charge in [0.2, 0.25) is 5.91 Å². The van der Waals surface area contributed by atoms with Gasteiger partial charge in [-0.25, -0.2) is 9.91 Å². The molecule has 35 heavy (non-hydrogen) atoms. The summed E-state index contributed by atoms with van der Waals surface area (Å²) in [6.45, 7) is -0.395. The molecule has 9 nitrogen and oxygen atoms in total. The Morgan fingerprint density at radius 1 is 0.914 bits per heavy atom. The average Bonchev–Trinajstić information content (AvgIpc) is 3.20. The van der Waals surface area contributed by atoms with Crippen LogP contribution in [-0.4, -0.2) is 48.4 Å². The summed E-state index contributed by atoms with van der Waals surface area (Å²) in [6.07, 6.45) is -0.282. The number of methoxy groups -OCH3 is 1. The molecule has 3 aromatic rings. The van der Waals surface area contributed by atoms with Gasteiger partial charge >= 0.3 is 0 Å². The normalized spacial score (nSPS) is 15.0. The van der Waals surface area contributed by atoms with E-state index in [1.165, 1.54) is 19.2 Å². The molecular weight excluding hydrogens is 450 g/mol. The molecule has 1 fully saturated rings. The van der Waals surface area contributed by atoms with Gasteiger partial charge in [0.1, 0.15) is 17.5 Å². The van der Waals surface area contributed by atoms with Crippen molar-refractivity contribution in [2.24, 2.45) is 0 Å². The van der Waals surface area contributed by atoms with Crippen LogP contribution in [0.3, 0.4) is 0 Å². The Labute approximate surface area is 201 Å². The first-order valence-corrected chi connectivity index (χ1v) is 10.8. The second-order valence-electron chi connectivity index (χ2n) is 7.66. The van der Waals surface area contributed by atoms with E-state index in [9.17, 15) is 19.2 Å². The van der Waals surface area contributed by atoms with Gasteiger partial charge in [-0.1, -0.05) is 36.4 Å². The number of carbonyl (C=O) groups excluding carboxylic acids is 4. The molecule has 0 aromatic heterocycles. The predicted octanol–water partition coefficient (Wildman–Crippen LogP) is 2.58. The van der Waals surface area contributed by atoms with Gasteiger partial charge in [-0.05, 0) is 48.5 Å². The number of ether oxygens (including phenoxy) is 2. The topological polar surface area (TPSA) is 105 Å². The molecule has 178 valence electrons. The number of hydrazine groups is 1. The molecule has 4 amide bonds. The summed E-state index contributed by atoms with van der Waals surface area (Å²) < 4.78 is 10.6. The lowest BCUT2D eigenvalue weighted by Crippen LogP contribution is -2.55. The van der Waals surface area contributed by atoms with Crippen LogP contribution in [0.4, 0.5) is 5.69 Å². The molecule has 0 radical (unpaired) electrons. The zero-order valence-electron chi connectivity index (χ0n) is 18.9. The van der Waals surface area contributed by atoms with Gasteiger partial charge in [0.25, 0.3) is 17.7 Å². The van der Waals surface area contributed by atoms with Crippen molar-refractivity contribution in [2.75, 3.05) is 18.6 Å². The maximum Gasteiger partial charge on any atom is 0.276 e. The number of rotatable bonds is 7. The molecule has 0 aliphatic carbocycles. The third-order valence-electron chi connectivity index (χ3n) is 5.36. The van der Waals surface area contributed by atoms with Crippen LogP contribution in [0.2, 0.25) is 0 Å². The molecule has 1 saturated heterocycles. The van der Waals surface area contributed by atoms with Crippen LogP contribution in [0.15, 0.2) is 84.9 Å². The number of nitrogens with one attached hydrogen (secondary N) is 1. The Hall–Kier alpha value is -4.66. The molecule has 1 aliphatic heterocycles.